The molecular formula is C25H28F3NO4. The Hall–Kier alpha value is -3.42. The number of aromatic hydroxyl groups is 2. The van der Waals surface area contributed by atoms with Gasteiger partial charge in [-0.1, -0.05) is 31.6 Å². The number of allylic oxidation sites excluding steroid dienone is 3. The molecule has 0 heterocycles. The Kier molecular flexibility index (Phi) is 8.96. The molecule has 0 unspecified atom stereocenters. The largest absolute Gasteiger partial charge is 0.508 e. The molecule has 33 heavy (non-hydrogen) atoms. The van der Waals surface area contributed by atoms with Crippen LogP contribution >= 0.6 is 0 Å². The number of rotatable bonds is 5. The Bertz CT molecular complexity index is 1040. The Labute approximate surface area is 191 Å². The summed E-state index contributed by atoms with van der Waals surface area (Å²) in [6.45, 7) is 6.13. The molecule has 8 heteroatoms. The van der Waals surface area contributed by atoms with Gasteiger partial charge in [0.05, 0.1) is 16.8 Å². The van der Waals surface area contributed by atoms with E-state index in [2.05, 4.69) is 11.4 Å². The third kappa shape index (κ3) is 7.30. The van der Waals surface area contributed by atoms with Crippen molar-refractivity contribution < 1.29 is 32.9 Å². The monoisotopic (exact) mass is 463 g/mol. The first kappa shape index (κ1) is 25.8. The molecule has 5 nitrogen and oxygen atoms in total. The van der Waals surface area contributed by atoms with E-state index in [1.54, 1.807) is 0 Å². The molecule has 1 aliphatic rings. The summed E-state index contributed by atoms with van der Waals surface area (Å²) in [6, 6.07) is 6.12. The molecule has 0 aliphatic heterocycles. The van der Waals surface area contributed by atoms with Crippen LogP contribution in [0, 0.1) is 0 Å². The molecule has 1 amide bonds. The number of phenolic OH excluding ortho intramolecular Hbond substituents is 2. The quantitative estimate of drug-likeness (QED) is 0.425. The van der Waals surface area contributed by atoms with Crippen molar-refractivity contribution in [1.29, 1.82) is 0 Å². The summed E-state index contributed by atoms with van der Waals surface area (Å²) in [5.41, 5.74) is 0.660. The number of nitrogens with one attached hydrogen (secondary N) is 1. The lowest BCUT2D eigenvalue weighted by atomic mass is 10.1. The second kappa shape index (κ2) is 11.4. The van der Waals surface area contributed by atoms with Crippen molar-refractivity contribution in [2.45, 2.75) is 46.2 Å². The maximum absolute atomic E-state index is 13.2. The third-order valence-electron chi connectivity index (χ3n) is 4.79. The minimum Gasteiger partial charge on any atom is -0.508 e. The summed E-state index contributed by atoms with van der Waals surface area (Å²) in [7, 11) is 0. The number of carbonyl (C=O) groups is 1. The first-order valence-corrected chi connectivity index (χ1v) is 10.7. The van der Waals surface area contributed by atoms with E-state index in [9.17, 15) is 28.2 Å². The number of benzene rings is 2. The van der Waals surface area contributed by atoms with Crippen LogP contribution < -0.4 is 10.1 Å². The third-order valence-corrected chi connectivity index (χ3v) is 4.79. The van der Waals surface area contributed by atoms with Gasteiger partial charge in [0.15, 0.2) is 0 Å². The molecule has 1 aliphatic carbocycles. The standard InChI is InChI=1S/C23H22F3NO4.C2H6/c1-14-4-2-3-5-15(10-14)13-31-21-9-6-16(23(24,25)26)11-19(21)27-22(30)18-12-17(28)7-8-20(18)29;1-2/h4,6-12,28-29H,2-3,5,13H2,1H3,(H,27,30);1-2H3. The normalized spacial score (nSPS) is 13.6. The zero-order valence-corrected chi connectivity index (χ0v) is 18.8. The minimum absolute atomic E-state index is 0.0628. The van der Waals surface area contributed by atoms with Gasteiger partial charge in [-0.3, -0.25) is 4.79 Å². The van der Waals surface area contributed by atoms with E-state index >= 15 is 0 Å². The first-order chi connectivity index (χ1) is 15.6. The van der Waals surface area contributed by atoms with Crippen LogP contribution in [-0.4, -0.2) is 22.7 Å². The molecule has 0 radical (unpaired) electrons. The smallest absolute Gasteiger partial charge is 0.416 e. The van der Waals surface area contributed by atoms with Crippen molar-refractivity contribution >= 4 is 11.6 Å². The summed E-state index contributed by atoms with van der Waals surface area (Å²) in [6.07, 6.45) is 2.17. The molecule has 2 aromatic rings. The van der Waals surface area contributed by atoms with Gasteiger partial charge in [0.25, 0.3) is 5.91 Å². The zero-order chi connectivity index (χ0) is 24.6. The van der Waals surface area contributed by atoms with E-state index in [4.69, 9.17) is 4.74 Å². The van der Waals surface area contributed by atoms with Crippen LogP contribution in [0.5, 0.6) is 17.2 Å². The predicted molar refractivity (Wildman–Crippen MR) is 122 cm³/mol. The number of alkyl halides is 3. The highest BCUT2D eigenvalue weighted by molar-refractivity contribution is 6.07. The van der Waals surface area contributed by atoms with Gasteiger partial charge in [-0.15, -0.1) is 0 Å². The molecule has 3 N–H and O–H groups in total. The topological polar surface area (TPSA) is 78.8 Å². The fourth-order valence-electron chi connectivity index (χ4n) is 3.22. The Morgan fingerprint density at radius 2 is 1.85 bits per heavy atom. The van der Waals surface area contributed by atoms with Crippen molar-refractivity contribution in [3.63, 3.8) is 0 Å². The molecule has 0 spiro atoms. The van der Waals surface area contributed by atoms with E-state index in [0.29, 0.717) is 0 Å². The fraction of sp³-hybridized carbons (Fsp3) is 0.320. The molecule has 178 valence electrons. The van der Waals surface area contributed by atoms with Crippen LogP contribution in [0.4, 0.5) is 18.9 Å². The molecule has 0 saturated heterocycles. The number of hydrogen-bond donors (Lipinski definition) is 3. The van der Waals surface area contributed by atoms with Crippen LogP contribution in [-0.2, 0) is 6.18 Å². The van der Waals surface area contributed by atoms with Crippen LogP contribution in [0.1, 0.15) is 56.0 Å². The van der Waals surface area contributed by atoms with Gasteiger partial charge in [-0.05, 0) is 68.2 Å². The number of halogens is 3. The second-order valence-electron chi connectivity index (χ2n) is 7.30. The van der Waals surface area contributed by atoms with Crippen molar-refractivity contribution in [3.05, 3.63) is 70.8 Å². The highest BCUT2D eigenvalue weighted by Gasteiger charge is 2.31. The molecule has 0 saturated carbocycles. The zero-order valence-electron chi connectivity index (χ0n) is 18.8. The fourth-order valence-corrected chi connectivity index (χ4v) is 3.22. The number of amides is 1. The van der Waals surface area contributed by atoms with Gasteiger partial charge in [0.1, 0.15) is 23.9 Å². The summed E-state index contributed by atoms with van der Waals surface area (Å²) < 4.78 is 45.3. The average Bonchev–Trinajstić information content (AvgIpc) is 2.99. The molecule has 0 aromatic heterocycles. The van der Waals surface area contributed by atoms with E-state index in [1.165, 1.54) is 6.07 Å². The predicted octanol–water partition coefficient (Wildman–Crippen LogP) is 6.83. The van der Waals surface area contributed by atoms with Gasteiger partial charge in [0.2, 0.25) is 0 Å². The SMILES string of the molecule is CC.CC1=CCCCC(COc2ccc(C(F)(F)F)cc2NC(=O)c2cc(O)ccc2O)=C1. The Morgan fingerprint density at radius 3 is 2.55 bits per heavy atom. The van der Waals surface area contributed by atoms with E-state index in [1.807, 2.05) is 26.8 Å². The molecule has 3 rings (SSSR count). The molecule has 0 atom stereocenters. The van der Waals surface area contributed by atoms with Gasteiger partial charge in [-0.25, -0.2) is 0 Å². The summed E-state index contributed by atoms with van der Waals surface area (Å²) in [4.78, 5) is 12.6. The van der Waals surface area contributed by atoms with Gasteiger partial charge >= 0.3 is 6.18 Å². The Morgan fingerprint density at radius 1 is 1.12 bits per heavy atom. The lowest BCUT2D eigenvalue weighted by Gasteiger charge is -2.16. The average molecular weight is 463 g/mol. The van der Waals surface area contributed by atoms with Crippen molar-refractivity contribution in [1.82, 2.24) is 0 Å². The summed E-state index contributed by atoms with van der Waals surface area (Å²) in [5.74, 6) is -1.51. The first-order valence-electron chi connectivity index (χ1n) is 10.7. The molecule has 0 bridgehead atoms. The number of anilines is 1. The Balaban J connectivity index is 0.00000187. The van der Waals surface area contributed by atoms with Crippen molar-refractivity contribution in [2.75, 3.05) is 11.9 Å². The van der Waals surface area contributed by atoms with E-state index < -0.39 is 23.4 Å². The van der Waals surface area contributed by atoms with Crippen LogP contribution in [0.15, 0.2) is 59.7 Å². The summed E-state index contributed by atoms with van der Waals surface area (Å²) in [5, 5.41) is 21.8. The van der Waals surface area contributed by atoms with Crippen molar-refractivity contribution in [2.24, 2.45) is 0 Å². The highest BCUT2D eigenvalue weighted by atomic mass is 19.4. The second-order valence-corrected chi connectivity index (χ2v) is 7.30. The lowest BCUT2D eigenvalue weighted by molar-refractivity contribution is -0.137. The molecular weight excluding hydrogens is 435 g/mol. The number of phenols is 2. The van der Waals surface area contributed by atoms with Crippen LogP contribution in [0.2, 0.25) is 0 Å². The highest BCUT2D eigenvalue weighted by Crippen LogP contribution is 2.36. The molecule has 2 aromatic carbocycles. The van der Waals surface area contributed by atoms with Crippen LogP contribution in [0.3, 0.4) is 0 Å². The van der Waals surface area contributed by atoms with Gasteiger partial charge in [0, 0.05) is 0 Å². The van der Waals surface area contributed by atoms with Gasteiger partial charge < -0.3 is 20.3 Å². The summed E-state index contributed by atoms with van der Waals surface area (Å²) >= 11 is 0. The number of hydrogen-bond acceptors (Lipinski definition) is 4. The lowest BCUT2D eigenvalue weighted by Crippen LogP contribution is -2.15. The van der Waals surface area contributed by atoms with Gasteiger partial charge in [-0.2, -0.15) is 13.2 Å². The minimum atomic E-state index is -4.61. The number of carbonyl (C=O) groups excluding carboxylic acids is 1. The maximum atomic E-state index is 13.2. The van der Waals surface area contributed by atoms with E-state index in [0.717, 1.165) is 60.7 Å². The van der Waals surface area contributed by atoms with Crippen molar-refractivity contribution in [3.8, 4) is 17.2 Å². The molecule has 0 fully saturated rings. The maximum Gasteiger partial charge on any atom is 0.416 e. The van der Waals surface area contributed by atoms with Crippen LogP contribution in [0.25, 0.3) is 0 Å². The van der Waals surface area contributed by atoms with E-state index in [-0.39, 0.29) is 29.4 Å². The number of ether oxygens (including phenoxy) is 1.